The van der Waals surface area contributed by atoms with Crippen molar-refractivity contribution in [1.29, 1.82) is 0 Å². The van der Waals surface area contributed by atoms with E-state index in [-0.39, 0.29) is 6.03 Å². The second-order valence-electron chi connectivity index (χ2n) is 4.55. The summed E-state index contributed by atoms with van der Waals surface area (Å²) < 4.78 is 0. The van der Waals surface area contributed by atoms with Gasteiger partial charge in [0.15, 0.2) is 0 Å². The molecule has 0 aromatic heterocycles. The summed E-state index contributed by atoms with van der Waals surface area (Å²) >= 11 is 0. The number of hydrogen-bond donors (Lipinski definition) is 1. The van der Waals surface area contributed by atoms with Gasteiger partial charge in [0.05, 0.1) is 11.8 Å². The van der Waals surface area contributed by atoms with Gasteiger partial charge in [0.25, 0.3) is 0 Å². The number of aliphatic hydroxyl groups excluding tert-OH is 1. The minimum Gasteiger partial charge on any atom is -0.388 e. The summed E-state index contributed by atoms with van der Waals surface area (Å²) in [6.07, 6.45) is 1.05. The van der Waals surface area contributed by atoms with Gasteiger partial charge in [0.2, 0.25) is 0 Å². The third-order valence-electron chi connectivity index (χ3n) is 3.06. The smallest absolute Gasteiger partial charge is 0.323 e. The predicted octanol–water partition coefficient (Wildman–Crippen LogP) is 2.00. The molecule has 4 heteroatoms. The molecule has 2 rings (SSSR count). The number of para-hydroxylation sites is 1. The van der Waals surface area contributed by atoms with E-state index in [1.807, 2.05) is 24.3 Å². The normalized spacial score (nSPS) is 19.5. The zero-order valence-corrected chi connectivity index (χ0v) is 10.3. The highest BCUT2D eigenvalue weighted by Crippen LogP contribution is 2.32. The first-order chi connectivity index (χ1) is 8.11. The highest BCUT2D eigenvalue weighted by atomic mass is 16.3. The van der Waals surface area contributed by atoms with Gasteiger partial charge >= 0.3 is 6.03 Å². The number of fused-ring (bicyclic) bond motifs is 1. The fourth-order valence-electron chi connectivity index (χ4n) is 2.17. The number of anilines is 1. The van der Waals surface area contributed by atoms with Crippen molar-refractivity contribution in [2.75, 3.05) is 25.5 Å². The Labute approximate surface area is 101 Å². The van der Waals surface area contributed by atoms with Crippen LogP contribution in [0.15, 0.2) is 24.3 Å². The van der Waals surface area contributed by atoms with Gasteiger partial charge in [-0.3, -0.25) is 4.90 Å². The van der Waals surface area contributed by atoms with Gasteiger partial charge in [0.1, 0.15) is 0 Å². The molecule has 92 valence electrons. The Kier molecular flexibility index (Phi) is 3.33. The number of amides is 2. The molecule has 1 atom stereocenters. The van der Waals surface area contributed by atoms with Crippen LogP contribution in [-0.4, -0.2) is 36.7 Å². The van der Waals surface area contributed by atoms with E-state index < -0.39 is 6.10 Å². The maximum absolute atomic E-state index is 12.1. The van der Waals surface area contributed by atoms with Gasteiger partial charge in [-0.25, -0.2) is 4.79 Å². The molecule has 0 bridgehead atoms. The molecular weight excluding hydrogens is 216 g/mol. The van der Waals surface area contributed by atoms with E-state index in [1.165, 1.54) is 0 Å². The molecule has 1 aliphatic heterocycles. The zero-order chi connectivity index (χ0) is 12.4. The van der Waals surface area contributed by atoms with Gasteiger partial charge < -0.3 is 10.0 Å². The monoisotopic (exact) mass is 234 g/mol. The molecule has 1 heterocycles. The van der Waals surface area contributed by atoms with Crippen molar-refractivity contribution in [3.8, 4) is 0 Å². The lowest BCUT2D eigenvalue weighted by Crippen LogP contribution is -2.39. The van der Waals surface area contributed by atoms with Crippen molar-refractivity contribution in [3.05, 3.63) is 29.8 Å². The van der Waals surface area contributed by atoms with Crippen LogP contribution in [0, 0.1) is 0 Å². The summed E-state index contributed by atoms with van der Waals surface area (Å²) in [5.41, 5.74) is 1.68. The van der Waals surface area contributed by atoms with Gasteiger partial charge in [-0.2, -0.15) is 0 Å². The van der Waals surface area contributed by atoms with Gasteiger partial charge in [-0.15, -0.1) is 0 Å². The van der Waals surface area contributed by atoms with E-state index in [1.54, 1.807) is 23.9 Å². The van der Waals surface area contributed by atoms with Crippen molar-refractivity contribution < 1.29 is 9.90 Å². The summed E-state index contributed by atoms with van der Waals surface area (Å²) in [7, 11) is 3.48. The lowest BCUT2D eigenvalue weighted by atomic mass is 10.0. The Morgan fingerprint density at radius 3 is 2.82 bits per heavy atom. The molecule has 0 saturated carbocycles. The number of carbonyl (C=O) groups is 1. The summed E-state index contributed by atoms with van der Waals surface area (Å²) in [6, 6.07) is 7.54. The van der Waals surface area contributed by atoms with Crippen molar-refractivity contribution >= 4 is 11.7 Å². The minimum atomic E-state index is -0.467. The Hall–Kier alpha value is -1.55. The fraction of sp³-hybridized carbons (Fsp3) is 0.462. The molecule has 1 unspecified atom stereocenters. The first-order valence-corrected chi connectivity index (χ1v) is 5.87. The molecule has 0 radical (unpaired) electrons. The highest BCUT2D eigenvalue weighted by molar-refractivity contribution is 5.92. The first kappa shape index (κ1) is 11.9. The topological polar surface area (TPSA) is 43.8 Å². The van der Waals surface area contributed by atoms with Gasteiger partial charge in [-0.05, 0) is 18.9 Å². The number of urea groups is 1. The number of hydrogen-bond acceptors (Lipinski definition) is 2. The van der Waals surface area contributed by atoms with Crippen molar-refractivity contribution in [3.63, 3.8) is 0 Å². The average molecular weight is 234 g/mol. The summed E-state index contributed by atoms with van der Waals surface area (Å²) in [4.78, 5) is 15.4. The number of aliphatic hydroxyl groups is 1. The quantitative estimate of drug-likeness (QED) is 0.746. The van der Waals surface area contributed by atoms with Gasteiger partial charge in [0, 0.05) is 26.2 Å². The first-order valence-electron chi connectivity index (χ1n) is 5.87. The molecule has 17 heavy (non-hydrogen) atoms. The van der Waals surface area contributed by atoms with Crippen molar-refractivity contribution in [1.82, 2.24) is 4.90 Å². The second-order valence-corrected chi connectivity index (χ2v) is 4.55. The molecule has 4 nitrogen and oxygen atoms in total. The minimum absolute atomic E-state index is 0.0356. The molecule has 1 aromatic carbocycles. The summed E-state index contributed by atoms with van der Waals surface area (Å²) in [5.74, 6) is 0. The summed E-state index contributed by atoms with van der Waals surface area (Å²) in [5, 5.41) is 10.0. The van der Waals surface area contributed by atoms with E-state index in [9.17, 15) is 9.90 Å². The van der Waals surface area contributed by atoms with E-state index in [0.717, 1.165) is 17.7 Å². The Balaban J connectivity index is 2.42. The largest absolute Gasteiger partial charge is 0.388 e. The maximum atomic E-state index is 12.1. The molecule has 0 saturated heterocycles. The van der Waals surface area contributed by atoms with Crippen molar-refractivity contribution in [2.24, 2.45) is 0 Å². The molecule has 1 aliphatic rings. The van der Waals surface area contributed by atoms with Gasteiger partial charge in [-0.1, -0.05) is 18.2 Å². The number of rotatable bonds is 0. The van der Waals surface area contributed by atoms with Crippen LogP contribution in [0.5, 0.6) is 0 Å². The van der Waals surface area contributed by atoms with Crippen LogP contribution < -0.4 is 4.90 Å². The van der Waals surface area contributed by atoms with E-state index in [2.05, 4.69) is 0 Å². The SMILES string of the molecule is CN(C)C(=O)N1CCCC(O)c2ccccc21. The predicted molar refractivity (Wildman–Crippen MR) is 67.1 cm³/mol. The van der Waals surface area contributed by atoms with Crippen LogP contribution in [0.2, 0.25) is 0 Å². The molecule has 0 spiro atoms. The molecule has 2 amide bonds. The van der Waals surface area contributed by atoms with Crippen LogP contribution in [0.25, 0.3) is 0 Å². The molecule has 1 N–H and O–H groups in total. The van der Waals surface area contributed by atoms with Crippen LogP contribution in [0.3, 0.4) is 0 Å². The number of benzene rings is 1. The van der Waals surface area contributed by atoms with E-state index in [0.29, 0.717) is 13.0 Å². The number of nitrogens with zero attached hydrogens (tertiary/aromatic N) is 2. The van der Waals surface area contributed by atoms with E-state index >= 15 is 0 Å². The maximum Gasteiger partial charge on any atom is 0.323 e. The van der Waals surface area contributed by atoms with Crippen LogP contribution in [0.1, 0.15) is 24.5 Å². The average Bonchev–Trinajstić information content (AvgIpc) is 2.49. The second kappa shape index (κ2) is 4.75. The molecular formula is C13H18N2O2. The molecule has 1 aromatic rings. The third-order valence-corrected chi connectivity index (χ3v) is 3.06. The van der Waals surface area contributed by atoms with E-state index in [4.69, 9.17) is 0 Å². The summed E-state index contributed by atoms with van der Waals surface area (Å²) in [6.45, 7) is 0.658. The highest BCUT2D eigenvalue weighted by Gasteiger charge is 2.25. The Morgan fingerprint density at radius 1 is 1.41 bits per heavy atom. The Morgan fingerprint density at radius 2 is 2.12 bits per heavy atom. The zero-order valence-electron chi connectivity index (χ0n) is 10.3. The van der Waals surface area contributed by atoms with Crippen molar-refractivity contribution in [2.45, 2.75) is 18.9 Å². The standard InChI is InChI=1S/C13H18N2O2/c1-14(2)13(17)15-9-5-8-12(16)10-6-3-4-7-11(10)15/h3-4,6-7,12,16H,5,8-9H2,1-2H3. The molecule has 0 aliphatic carbocycles. The fourth-order valence-corrected chi connectivity index (χ4v) is 2.17. The third kappa shape index (κ3) is 2.26. The van der Waals surface area contributed by atoms with Crippen LogP contribution >= 0.6 is 0 Å². The van der Waals surface area contributed by atoms with Crippen LogP contribution in [0.4, 0.5) is 10.5 Å². The van der Waals surface area contributed by atoms with Crippen LogP contribution in [-0.2, 0) is 0 Å². The lowest BCUT2D eigenvalue weighted by Gasteiger charge is -2.26. The number of carbonyl (C=O) groups excluding carboxylic acids is 1. The Bertz CT molecular complexity index is 418. The lowest BCUT2D eigenvalue weighted by molar-refractivity contribution is 0.168. The molecule has 0 fully saturated rings.